The Morgan fingerprint density at radius 3 is 1.70 bits per heavy atom. The molecule has 0 saturated carbocycles. The molecule has 350 valence electrons. The van der Waals surface area contributed by atoms with Crippen LogP contribution in [0.4, 0.5) is 8.78 Å². The summed E-state index contributed by atoms with van der Waals surface area (Å²) in [5.41, 5.74) is 3.65. The number of amides is 1. The Kier molecular flexibility index (Phi) is 25.5. The highest BCUT2D eigenvalue weighted by Crippen LogP contribution is 2.37. The molecule has 6 N–H and O–H groups in total. The summed E-state index contributed by atoms with van der Waals surface area (Å²) < 4.78 is 26.2. The Hall–Kier alpha value is -1.75. The van der Waals surface area contributed by atoms with E-state index in [1.165, 1.54) is 31.8 Å². The number of hydrogen-bond donors (Lipinski definition) is 6. The number of pyridine rings is 2. The zero-order valence-corrected chi connectivity index (χ0v) is 42.3. The maximum atomic E-state index is 13.3. The van der Waals surface area contributed by atoms with Gasteiger partial charge in [0.15, 0.2) is 0 Å². The predicted molar refractivity (Wildman–Crippen MR) is 265 cm³/mol. The maximum Gasteiger partial charge on any atom is 0.307 e. The van der Waals surface area contributed by atoms with Crippen LogP contribution in [0.1, 0.15) is 103 Å². The van der Waals surface area contributed by atoms with Gasteiger partial charge in [0.1, 0.15) is 24.6 Å². The molecular formula is C43H53Cl5F2I2N4O7. The summed E-state index contributed by atoms with van der Waals surface area (Å²) in [5, 5.41) is 51.3. The van der Waals surface area contributed by atoms with Gasteiger partial charge in [-0.05, 0) is 80.5 Å². The molecule has 0 aliphatic carbocycles. The molecule has 0 spiro atoms. The van der Waals surface area contributed by atoms with E-state index in [1.807, 2.05) is 31.2 Å². The highest BCUT2D eigenvalue weighted by atomic mass is 128. The molecule has 63 heavy (non-hydrogen) atoms. The molecule has 2 aliphatic rings. The van der Waals surface area contributed by atoms with Gasteiger partial charge >= 0.3 is 5.97 Å². The molecule has 2 aliphatic heterocycles. The van der Waals surface area contributed by atoms with Crippen LogP contribution >= 0.6 is 96.0 Å². The number of nitrogens with zero attached hydrogens (tertiary/aromatic N) is 3. The van der Waals surface area contributed by atoms with Crippen LogP contribution in [-0.4, -0.2) is 78.7 Å². The van der Waals surface area contributed by atoms with Gasteiger partial charge < -0.3 is 35.7 Å². The average molecular weight is 1210 g/mol. The first-order valence-corrected chi connectivity index (χ1v) is 26.7. The van der Waals surface area contributed by atoms with Gasteiger partial charge in [-0.1, -0.05) is 90.2 Å². The van der Waals surface area contributed by atoms with Crippen LogP contribution in [0.25, 0.3) is 0 Å². The van der Waals surface area contributed by atoms with Crippen molar-refractivity contribution >= 4 is 108 Å². The molecule has 11 nitrogen and oxygen atoms in total. The summed E-state index contributed by atoms with van der Waals surface area (Å²) in [7, 11) is 0. The Balaban J connectivity index is 0.000000496. The number of aliphatic hydroxyl groups excluding tert-OH is 2. The van der Waals surface area contributed by atoms with Gasteiger partial charge in [0.2, 0.25) is 5.91 Å². The first-order valence-electron chi connectivity index (χ1n) is 18.9. The zero-order valence-electron chi connectivity index (χ0n) is 34.2. The van der Waals surface area contributed by atoms with Crippen LogP contribution < -0.4 is 5.32 Å². The number of carbonyl (C=O) groups is 2. The fourth-order valence-electron chi connectivity index (χ4n) is 7.22. The first-order chi connectivity index (χ1) is 28.8. The van der Waals surface area contributed by atoms with Crippen molar-refractivity contribution in [1.82, 2.24) is 20.2 Å². The molecule has 20 heteroatoms. The largest absolute Gasteiger partial charge is 0.481 e. The molecule has 2 aromatic heterocycles. The number of carbonyl (C=O) groups excluding carboxylic acids is 1. The Morgan fingerprint density at radius 2 is 1.25 bits per heavy atom. The number of nitrogens with one attached hydrogen (secondary N) is 1. The van der Waals surface area contributed by atoms with E-state index in [2.05, 4.69) is 59.4 Å². The number of carboxylic acid groups (broad SMARTS) is 1. The second-order valence-electron chi connectivity index (χ2n) is 14.8. The minimum absolute atomic E-state index is 0. The number of aliphatic carboxylic acids is 1. The third-order valence-corrected chi connectivity index (χ3v) is 12.0. The highest BCUT2D eigenvalue weighted by Gasteiger charge is 2.34. The van der Waals surface area contributed by atoms with E-state index in [9.17, 15) is 33.7 Å². The quantitative estimate of drug-likeness (QED) is 0.0839. The lowest BCUT2D eigenvalue weighted by molar-refractivity contribution is -0.136. The lowest BCUT2D eigenvalue weighted by Gasteiger charge is -2.38. The Morgan fingerprint density at radius 1 is 0.810 bits per heavy atom. The topological polar surface area (TPSA) is 176 Å². The molecular weight excluding hydrogens is 1150 g/mol. The molecule has 0 radical (unpaired) electrons. The third-order valence-electron chi connectivity index (χ3n) is 10.5. The second-order valence-corrected chi connectivity index (χ2v) is 16.3. The summed E-state index contributed by atoms with van der Waals surface area (Å²) in [5.74, 6) is -1.20. The van der Waals surface area contributed by atoms with Crippen LogP contribution in [0.2, 0.25) is 20.1 Å². The van der Waals surface area contributed by atoms with Gasteiger partial charge in [-0.3, -0.25) is 19.6 Å². The smallest absolute Gasteiger partial charge is 0.307 e. The molecule has 2 aromatic carbocycles. The Bertz CT molecular complexity index is 2160. The highest BCUT2D eigenvalue weighted by molar-refractivity contribution is 15.0. The predicted octanol–water partition coefficient (Wildman–Crippen LogP) is 10.2. The third kappa shape index (κ3) is 14.9. The summed E-state index contributed by atoms with van der Waals surface area (Å²) in [6.07, 6.45) is 3.71. The van der Waals surface area contributed by atoms with Crippen molar-refractivity contribution in [1.29, 1.82) is 0 Å². The van der Waals surface area contributed by atoms with E-state index in [1.54, 1.807) is 17.0 Å². The maximum absolute atomic E-state index is 13.3. The van der Waals surface area contributed by atoms with Crippen LogP contribution in [0, 0.1) is 0 Å². The summed E-state index contributed by atoms with van der Waals surface area (Å²) in [4.78, 5) is 33.0. The minimum atomic E-state index is -1.56. The number of aromatic nitrogens is 2. The van der Waals surface area contributed by atoms with E-state index in [0.29, 0.717) is 24.1 Å². The minimum Gasteiger partial charge on any atom is -0.481 e. The van der Waals surface area contributed by atoms with Crippen LogP contribution in [-0.2, 0) is 59.7 Å². The summed E-state index contributed by atoms with van der Waals surface area (Å²) in [6, 6.07) is 11.2. The lowest BCUT2D eigenvalue weighted by Crippen LogP contribution is -2.41. The van der Waals surface area contributed by atoms with Gasteiger partial charge in [0.25, 0.3) is 0 Å². The molecule has 0 fully saturated rings. The molecule has 0 saturated heterocycles. The number of aliphatic hydroxyl groups is 4. The van der Waals surface area contributed by atoms with Crippen molar-refractivity contribution in [2.75, 3.05) is 26.4 Å². The summed E-state index contributed by atoms with van der Waals surface area (Å²) in [6.45, 7) is 5.98. The summed E-state index contributed by atoms with van der Waals surface area (Å²) >= 11 is 28.2. The normalized spacial score (nSPS) is 16.8. The van der Waals surface area contributed by atoms with Crippen molar-refractivity contribution in [2.45, 2.75) is 97.3 Å². The number of carboxylic acids is 1. The van der Waals surface area contributed by atoms with Crippen molar-refractivity contribution in [3.05, 3.63) is 125 Å². The van der Waals surface area contributed by atoms with E-state index >= 15 is 0 Å². The number of hydrogen-bond acceptors (Lipinski definition) is 9. The fraction of sp³-hybridized carbons (Fsp3) is 0.442. The number of alkyl halides is 2. The number of rotatable bonds is 10. The van der Waals surface area contributed by atoms with Crippen LogP contribution in [0.5, 0.6) is 0 Å². The molecule has 6 rings (SSSR count). The SMILES string of the molecule is C.C[C@@H]1NCCc2c1cccc2[C@](C)(O)CF.C[C@H]1c2cccc([C@](C)(O)CF)c2CCN1C(=O)Cc1c(Cl)cnc(CO)c1Cl.Cl.II.O=C(O)Cc1c(Cl)cnc(CO)c1Cl. The second kappa shape index (κ2) is 27.2. The van der Waals surface area contributed by atoms with E-state index in [0.717, 1.165) is 35.2 Å². The average Bonchev–Trinajstić information content (AvgIpc) is 3.25. The van der Waals surface area contributed by atoms with Gasteiger partial charge in [-0.25, -0.2) is 8.78 Å². The van der Waals surface area contributed by atoms with E-state index < -0.39 is 30.5 Å². The Labute approximate surface area is 417 Å². The van der Waals surface area contributed by atoms with Gasteiger partial charge in [-0.2, -0.15) is 0 Å². The van der Waals surface area contributed by atoms with Gasteiger partial charge in [0.05, 0.1) is 63.6 Å². The van der Waals surface area contributed by atoms with Crippen molar-refractivity contribution < 1.29 is 43.9 Å². The van der Waals surface area contributed by atoms with E-state index in [-0.39, 0.29) is 101 Å². The fourth-order valence-corrected chi connectivity index (χ4v) is 8.29. The molecule has 4 atom stereocenters. The standard InChI is InChI=1S/C21H23Cl2FN2O3.C13H18FNO.C8H7Cl2NO3.CH4.ClH.I2/c1-12-13-4-3-5-16(21(2,29)11-24)14(13)6-7-26(12)19(28)8-15-17(22)9-25-18(10-27)20(15)23;1-9-10-4-3-5-12(13(2,16)8-14)11(10)6-7-15-9;9-5-2-11-6(3-12)8(10)4(5)1-7(13)14;;;1-2/h3-5,9,12,27,29H,6-8,10-11H2,1-2H3;3-5,9,15-16H,6-8H2,1-2H3;2,12H,1,3H2,(H,13,14);1H4;1H;/t12-,21+;9-,13+;;;;/m00..../s1. The molecule has 1 amide bonds. The van der Waals surface area contributed by atoms with Gasteiger partial charge in [-0.15, -0.1) is 12.4 Å². The lowest BCUT2D eigenvalue weighted by atomic mass is 9.83. The number of halogens is 9. The zero-order chi connectivity index (χ0) is 45.8. The molecule has 0 bridgehead atoms. The number of benzene rings is 2. The first kappa shape index (κ1) is 59.3. The molecule has 4 aromatic rings. The van der Waals surface area contributed by atoms with Crippen LogP contribution in [0.15, 0.2) is 48.8 Å². The van der Waals surface area contributed by atoms with Crippen molar-refractivity contribution in [2.24, 2.45) is 0 Å². The van der Waals surface area contributed by atoms with Gasteiger partial charge in [0, 0.05) is 73.3 Å². The van der Waals surface area contributed by atoms with Crippen molar-refractivity contribution in [3.63, 3.8) is 0 Å². The monoisotopic (exact) mass is 1200 g/mol. The molecule has 4 heterocycles. The molecule has 0 unspecified atom stereocenters. The van der Waals surface area contributed by atoms with Crippen molar-refractivity contribution in [3.8, 4) is 0 Å². The number of fused-ring (bicyclic) bond motifs is 2. The van der Waals surface area contributed by atoms with E-state index in [4.69, 9.17) is 56.6 Å². The van der Waals surface area contributed by atoms with Crippen LogP contribution in [0.3, 0.4) is 0 Å².